The molecule has 4 aliphatic carbocycles. The van der Waals surface area contributed by atoms with E-state index in [1.165, 1.54) is 32.1 Å². The molecule has 31 heavy (non-hydrogen) atoms. The molecule has 0 radical (unpaired) electrons. The van der Waals surface area contributed by atoms with Gasteiger partial charge in [0.25, 0.3) is 0 Å². The van der Waals surface area contributed by atoms with Crippen molar-refractivity contribution in [2.45, 2.75) is 112 Å². The summed E-state index contributed by atoms with van der Waals surface area (Å²) >= 11 is 0. The fourth-order valence-corrected chi connectivity index (χ4v) is 9.02. The lowest BCUT2D eigenvalue weighted by Gasteiger charge is -2.58. The Morgan fingerprint density at radius 2 is 1.84 bits per heavy atom. The van der Waals surface area contributed by atoms with Gasteiger partial charge in [0.05, 0.1) is 6.10 Å². The summed E-state index contributed by atoms with van der Waals surface area (Å²) in [5.41, 5.74) is 2.22. The summed E-state index contributed by atoms with van der Waals surface area (Å²) in [7, 11) is 0. The average Bonchev–Trinajstić information content (AvgIpc) is 3.08. The van der Waals surface area contributed by atoms with Crippen LogP contribution in [-0.4, -0.2) is 17.0 Å². The number of Topliss-reactive ketones (excluding diaryl/α,β-unsaturated/α-hetero) is 1. The zero-order valence-electron chi connectivity index (χ0n) is 21.1. The number of allylic oxidation sites excluding steroid dienone is 1. The van der Waals surface area contributed by atoms with E-state index in [1.54, 1.807) is 5.57 Å². The molecule has 4 rings (SSSR count). The summed E-state index contributed by atoms with van der Waals surface area (Å²) in [4.78, 5) is 13.3. The maximum atomic E-state index is 13.3. The van der Waals surface area contributed by atoms with Gasteiger partial charge in [-0.1, -0.05) is 59.6 Å². The number of aliphatic hydroxyl groups is 1. The Kier molecular flexibility index (Phi) is 6.54. The molecule has 0 heterocycles. The van der Waals surface area contributed by atoms with Gasteiger partial charge in [-0.25, -0.2) is 0 Å². The van der Waals surface area contributed by atoms with Crippen LogP contribution in [0.1, 0.15) is 106 Å². The number of carbonyl (C=O) groups is 1. The van der Waals surface area contributed by atoms with E-state index in [1.807, 2.05) is 0 Å². The van der Waals surface area contributed by atoms with Crippen molar-refractivity contribution in [1.29, 1.82) is 0 Å². The molecule has 0 saturated heterocycles. The number of ketones is 1. The molecule has 176 valence electrons. The second-order valence-electron chi connectivity index (χ2n) is 12.8. The van der Waals surface area contributed by atoms with Crippen molar-refractivity contribution in [2.75, 3.05) is 0 Å². The van der Waals surface area contributed by atoms with Crippen molar-refractivity contribution in [3.63, 3.8) is 0 Å². The summed E-state index contributed by atoms with van der Waals surface area (Å²) in [6, 6.07) is 0. The molecule has 0 aromatic rings. The monoisotopic (exact) mass is 428 g/mol. The van der Waals surface area contributed by atoms with Gasteiger partial charge in [0.2, 0.25) is 0 Å². The number of hydrogen-bond acceptors (Lipinski definition) is 2. The molecule has 3 fully saturated rings. The van der Waals surface area contributed by atoms with Crippen molar-refractivity contribution in [3.05, 3.63) is 11.6 Å². The maximum absolute atomic E-state index is 13.3. The van der Waals surface area contributed by atoms with E-state index in [9.17, 15) is 9.90 Å². The molecule has 3 saturated carbocycles. The minimum atomic E-state index is -0.120. The zero-order chi connectivity index (χ0) is 22.6. The SMILES string of the molecule is CCC(CC(=O)C(C)[C@H]1CC[C@H]2[C@@H]3CC=C4C[C@@H](O)CC[C@]4(C)[C@H]3CC[C@]12C)C(C)C. The van der Waals surface area contributed by atoms with Gasteiger partial charge in [0.15, 0.2) is 0 Å². The highest BCUT2D eigenvalue weighted by atomic mass is 16.3. The summed E-state index contributed by atoms with van der Waals surface area (Å²) in [6.07, 6.45) is 13.8. The Bertz CT molecular complexity index is 708. The molecule has 1 N–H and O–H groups in total. The molecule has 0 spiro atoms. The Balaban J connectivity index is 1.51. The molecule has 0 aliphatic heterocycles. The van der Waals surface area contributed by atoms with Gasteiger partial charge in [-0.3, -0.25) is 4.79 Å². The first-order valence-corrected chi connectivity index (χ1v) is 13.5. The normalized spacial score (nSPS) is 44.1. The van der Waals surface area contributed by atoms with E-state index in [-0.39, 0.29) is 12.0 Å². The van der Waals surface area contributed by atoms with E-state index in [0.29, 0.717) is 34.4 Å². The van der Waals surface area contributed by atoms with E-state index in [0.717, 1.165) is 49.9 Å². The Labute approximate surface area is 191 Å². The number of aliphatic hydroxyl groups excluding tert-OH is 1. The molecule has 2 unspecified atom stereocenters. The van der Waals surface area contributed by atoms with Crippen LogP contribution in [0.15, 0.2) is 11.6 Å². The van der Waals surface area contributed by atoms with Gasteiger partial charge in [-0.05, 0) is 97.7 Å². The molecule has 0 aromatic carbocycles. The summed E-state index contributed by atoms with van der Waals surface area (Å²) in [5, 5.41) is 10.2. The summed E-state index contributed by atoms with van der Waals surface area (Å²) < 4.78 is 0. The molecule has 9 atom stereocenters. The number of fused-ring (bicyclic) bond motifs is 5. The van der Waals surface area contributed by atoms with Crippen molar-refractivity contribution >= 4 is 5.78 Å². The molecule has 0 bridgehead atoms. The fourth-order valence-electron chi connectivity index (χ4n) is 9.02. The zero-order valence-corrected chi connectivity index (χ0v) is 21.1. The van der Waals surface area contributed by atoms with Crippen LogP contribution in [0.25, 0.3) is 0 Å². The van der Waals surface area contributed by atoms with Crippen molar-refractivity contribution in [1.82, 2.24) is 0 Å². The van der Waals surface area contributed by atoms with E-state index in [4.69, 9.17) is 0 Å². The van der Waals surface area contributed by atoms with Crippen LogP contribution < -0.4 is 0 Å². The minimum absolute atomic E-state index is 0.120. The molecule has 0 amide bonds. The van der Waals surface area contributed by atoms with Gasteiger partial charge in [-0.2, -0.15) is 0 Å². The smallest absolute Gasteiger partial charge is 0.136 e. The van der Waals surface area contributed by atoms with Crippen LogP contribution in [0, 0.1) is 52.3 Å². The third kappa shape index (κ3) is 3.87. The topological polar surface area (TPSA) is 37.3 Å². The average molecular weight is 429 g/mol. The van der Waals surface area contributed by atoms with Crippen LogP contribution in [0.5, 0.6) is 0 Å². The van der Waals surface area contributed by atoms with Crippen molar-refractivity contribution in [2.24, 2.45) is 52.3 Å². The van der Waals surface area contributed by atoms with Gasteiger partial charge in [0, 0.05) is 12.3 Å². The lowest BCUT2D eigenvalue weighted by Crippen LogP contribution is -2.51. The highest BCUT2D eigenvalue weighted by molar-refractivity contribution is 5.81. The largest absolute Gasteiger partial charge is 0.393 e. The molecule has 2 heteroatoms. The third-order valence-electron chi connectivity index (χ3n) is 11.2. The van der Waals surface area contributed by atoms with Crippen LogP contribution in [0.3, 0.4) is 0 Å². The van der Waals surface area contributed by atoms with Crippen LogP contribution in [-0.2, 0) is 4.79 Å². The second kappa shape index (κ2) is 8.62. The lowest BCUT2D eigenvalue weighted by molar-refractivity contribution is -0.128. The van der Waals surface area contributed by atoms with Gasteiger partial charge < -0.3 is 5.11 Å². The highest BCUT2D eigenvalue weighted by Gasteiger charge is 2.59. The first kappa shape index (κ1) is 23.5. The Hall–Kier alpha value is -0.630. The van der Waals surface area contributed by atoms with Gasteiger partial charge in [0.1, 0.15) is 5.78 Å². The van der Waals surface area contributed by atoms with Crippen LogP contribution >= 0.6 is 0 Å². The number of hydrogen-bond donors (Lipinski definition) is 1. The fraction of sp³-hybridized carbons (Fsp3) is 0.897. The van der Waals surface area contributed by atoms with Gasteiger partial charge in [-0.15, -0.1) is 0 Å². The predicted molar refractivity (Wildman–Crippen MR) is 129 cm³/mol. The van der Waals surface area contributed by atoms with Crippen LogP contribution in [0.4, 0.5) is 0 Å². The first-order chi connectivity index (χ1) is 14.6. The van der Waals surface area contributed by atoms with Crippen molar-refractivity contribution in [3.8, 4) is 0 Å². The molecular weight excluding hydrogens is 380 g/mol. The quantitative estimate of drug-likeness (QED) is 0.454. The maximum Gasteiger partial charge on any atom is 0.136 e. The van der Waals surface area contributed by atoms with Crippen LogP contribution in [0.2, 0.25) is 0 Å². The number of rotatable bonds is 6. The molecule has 0 aromatic heterocycles. The van der Waals surface area contributed by atoms with Crippen molar-refractivity contribution < 1.29 is 9.90 Å². The number of carbonyl (C=O) groups excluding carboxylic acids is 1. The first-order valence-electron chi connectivity index (χ1n) is 13.5. The Morgan fingerprint density at radius 1 is 1.10 bits per heavy atom. The third-order valence-corrected chi connectivity index (χ3v) is 11.2. The molecule has 2 nitrogen and oxygen atoms in total. The summed E-state index contributed by atoms with van der Waals surface area (Å²) in [5.74, 6) is 4.81. The minimum Gasteiger partial charge on any atom is -0.393 e. The summed E-state index contributed by atoms with van der Waals surface area (Å²) in [6.45, 7) is 14.1. The highest BCUT2D eigenvalue weighted by Crippen LogP contribution is 2.67. The lowest BCUT2D eigenvalue weighted by atomic mass is 9.47. The van der Waals surface area contributed by atoms with E-state index >= 15 is 0 Å². The molecule has 4 aliphatic rings. The Morgan fingerprint density at radius 3 is 2.52 bits per heavy atom. The van der Waals surface area contributed by atoms with E-state index < -0.39 is 0 Å². The molecular formula is C29H48O2. The van der Waals surface area contributed by atoms with E-state index in [2.05, 4.69) is 47.6 Å². The second-order valence-corrected chi connectivity index (χ2v) is 12.8. The predicted octanol–water partition coefficient (Wildman–Crippen LogP) is 7.20. The standard InChI is InChI=1S/C29H48O2/c1-7-20(18(2)3)16-27(31)19(4)24-10-11-25-23-9-8-21-17-22(30)12-14-28(21,5)26(23)13-15-29(24,25)6/h8,18-20,22-26,30H,7,9-17H2,1-6H3/t19?,20?,22-,23-,24+,25-,26-,28-,29+/m0/s1. The van der Waals surface area contributed by atoms with Gasteiger partial charge >= 0.3 is 0 Å².